The maximum absolute atomic E-state index is 12.0. The highest BCUT2D eigenvalue weighted by molar-refractivity contribution is 5.93. The predicted octanol–water partition coefficient (Wildman–Crippen LogP) is 3.45. The summed E-state index contributed by atoms with van der Waals surface area (Å²) in [5.74, 6) is -0.109. The van der Waals surface area contributed by atoms with Crippen LogP contribution >= 0.6 is 0 Å². The van der Waals surface area contributed by atoms with E-state index >= 15 is 0 Å². The summed E-state index contributed by atoms with van der Waals surface area (Å²) in [7, 11) is 1.65. The third kappa shape index (κ3) is 3.67. The van der Waals surface area contributed by atoms with Crippen LogP contribution in [-0.2, 0) is 9.53 Å². The molecular weight excluding hydrogens is 212 g/mol. The van der Waals surface area contributed by atoms with E-state index < -0.39 is 0 Å². The van der Waals surface area contributed by atoms with Crippen LogP contribution in [0.5, 0.6) is 0 Å². The van der Waals surface area contributed by atoms with E-state index in [1.54, 1.807) is 13.2 Å². The number of ether oxygens (including phenoxy) is 1. The number of carbonyl (C=O) groups is 1. The molecule has 0 fully saturated rings. The lowest BCUT2D eigenvalue weighted by molar-refractivity contribution is -0.120. The molecule has 0 saturated carbocycles. The zero-order valence-electron chi connectivity index (χ0n) is 10.7. The van der Waals surface area contributed by atoms with E-state index in [0.717, 1.165) is 19.3 Å². The Morgan fingerprint density at radius 3 is 2.76 bits per heavy atom. The summed E-state index contributed by atoms with van der Waals surface area (Å²) in [5.41, 5.74) is 1.22. The Bertz CT molecular complexity index is 315. The fourth-order valence-electron chi connectivity index (χ4n) is 2.41. The van der Waals surface area contributed by atoms with Gasteiger partial charge in [0.2, 0.25) is 0 Å². The van der Waals surface area contributed by atoms with Crippen molar-refractivity contribution in [1.29, 1.82) is 0 Å². The molecule has 2 unspecified atom stereocenters. The molecule has 17 heavy (non-hydrogen) atoms. The lowest BCUT2D eigenvalue weighted by atomic mass is 9.82. The van der Waals surface area contributed by atoms with E-state index in [1.165, 1.54) is 18.1 Å². The van der Waals surface area contributed by atoms with Crippen LogP contribution in [0.15, 0.2) is 37.0 Å². The summed E-state index contributed by atoms with van der Waals surface area (Å²) in [6, 6.07) is 0. The van der Waals surface area contributed by atoms with Crippen molar-refractivity contribution in [2.24, 2.45) is 5.92 Å². The van der Waals surface area contributed by atoms with E-state index in [9.17, 15) is 4.79 Å². The van der Waals surface area contributed by atoms with Crippen molar-refractivity contribution in [3.63, 3.8) is 0 Å². The molecule has 0 aromatic heterocycles. The van der Waals surface area contributed by atoms with Crippen molar-refractivity contribution in [3.8, 4) is 0 Å². The van der Waals surface area contributed by atoms with Gasteiger partial charge in [-0.05, 0) is 38.2 Å². The Morgan fingerprint density at radius 2 is 2.29 bits per heavy atom. The summed E-state index contributed by atoms with van der Waals surface area (Å²) in [6.07, 6.45) is 10.5. The number of allylic oxidation sites excluding steroid dienone is 2. The fraction of sp³-hybridized carbons (Fsp3) is 0.533. The molecule has 0 radical (unpaired) electrons. The first kappa shape index (κ1) is 13.9. The van der Waals surface area contributed by atoms with Crippen molar-refractivity contribution < 1.29 is 9.53 Å². The lowest BCUT2D eigenvalue weighted by Gasteiger charge is -2.27. The Morgan fingerprint density at radius 1 is 1.53 bits per heavy atom. The minimum atomic E-state index is -0.171. The zero-order valence-corrected chi connectivity index (χ0v) is 10.7. The molecule has 0 aromatic carbocycles. The molecule has 0 heterocycles. The third-order valence-electron chi connectivity index (χ3n) is 3.31. The van der Waals surface area contributed by atoms with E-state index in [4.69, 9.17) is 4.74 Å². The smallest absolute Gasteiger partial charge is 0.164 e. The van der Waals surface area contributed by atoms with Gasteiger partial charge in [0.15, 0.2) is 5.78 Å². The maximum Gasteiger partial charge on any atom is 0.164 e. The molecule has 1 aliphatic rings. The van der Waals surface area contributed by atoms with Crippen molar-refractivity contribution in [1.82, 2.24) is 0 Å². The van der Waals surface area contributed by atoms with E-state index in [2.05, 4.69) is 19.2 Å². The van der Waals surface area contributed by atoms with Crippen LogP contribution in [0.3, 0.4) is 0 Å². The van der Waals surface area contributed by atoms with Crippen molar-refractivity contribution in [2.45, 2.75) is 38.2 Å². The summed E-state index contributed by atoms with van der Waals surface area (Å²) in [4.78, 5) is 12.0. The SMILES string of the molecule is C=CCC(OC)C(C(=O)C=C)C1=CCCCC1. The molecule has 0 aliphatic heterocycles. The normalized spacial score (nSPS) is 19.0. The second kappa shape index (κ2) is 7.23. The van der Waals surface area contributed by atoms with Gasteiger partial charge in [0.25, 0.3) is 0 Å². The first-order valence-corrected chi connectivity index (χ1v) is 6.23. The Kier molecular flexibility index (Phi) is 5.92. The van der Waals surface area contributed by atoms with Crippen LogP contribution in [0.25, 0.3) is 0 Å². The van der Waals surface area contributed by atoms with Gasteiger partial charge in [-0.1, -0.05) is 24.3 Å². The molecule has 2 heteroatoms. The quantitative estimate of drug-likeness (QED) is 0.498. The molecule has 0 bridgehead atoms. The van der Waals surface area contributed by atoms with E-state index in [0.29, 0.717) is 6.42 Å². The summed E-state index contributed by atoms with van der Waals surface area (Å²) >= 11 is 0. The maximum atomic E-state index is 12.0. The molecule has 94 valence electrons. The number of hydrogen-bond donors (Lipinski definition) is 0. The number of ketones is 1. The van der Waals surface area contributed by atoms with Crippen LogP contribution in [-0.4, -0.2) is 19.0 Å². The highest BCUT2D eigenvalue weighted by atomic mass is 16.5. The van der Waals surface area contributed by atoms with Crippen LogP contribution in [0, 0.1) is 5.92 Å². The van der Waals surface area contributed by atoms with Crippen molar-refractivity contribution >= 4 is 5.78 Å². The van der Waals surface area contributed by atoms with Gasteiger partial charge in [-0.15, -0.1) is 6.58 Å². The summed E-state index contributed by atoms with van der Waals surface area (Å²) in [5, 5.41) is 0. The molecular formula is C15H22O2. The van der Waals surface area contributed by atoms with E-state index in [-0.39, 0.29) is 17.8 Å². The average Bonchev–Trinajstić information content (AvgIpc) is 2.39. The van der Waals surface area contributed by atoms with Gasteiger partial charge in [-0.25, -0.2) is 0 Å². The molecule has 1 aliphatic carbocycles. The molecule has 0 N–H and O–H groups in total. The monoisotopic (exact) mass is 234 g/mol. The first-order chi connectivity index (χ1) is 8.24. The van der Waals surface area contributed by atoms with Crippen LogP contribution in [0.2, 0.25) is 0 Å². The molecule has 0 spiro atoms. The molecule has 0 saturated heterocycles. The first-order valence-electron chi connectivity index (χ1n) is 6.23. The predicted molar refractivity (Wildman–Crippen MR) is 70.9 cm³/mol. The van der Waals surface area contributed by atoms with Crippen LogP contribution in [0.1, 0.15) is 32.1 Å². The van der Waals surface area contributed by atoms with Crippen LogP contribution in [0.4, 0.5) is 0 Å². The van der Waals surface area contributed by atoms with Crippen molar-refractivity contribution in [3.05, 3.63) is 37.0 Å². The fourth-order valence-corrected chi connectivity index (χ4v) is 2.41. The van der Waals surface area contributed by atoms with Gasteiger partial charge < -0.3 is 4.74 Å². The topological polar surface area (TPSA) is 26.3 Å². The minimum absolute atomic E-state index is 0.0619. The molecule has 2 nitrogen and oxygen atoms in total. The molecule has 2 atom stereocenters. The number of methoxy groups -OCH3 is 1. The number of rotatable bonds is 7. The van der Waals surface area contributed by atoms with Gasteiger partial charge in [0.1, 0.15) is 0 Å². The van der Waals surface area contributed by atoms with Crippen LogP contribution < -0.4 is 0 Å². The summed E-state index contributed by atoms with van der Waals surface area (Å²) < 4.78 is 5.45. The zero-order chi connectivity index (χ0) is 12.7. The Hall–Kier alpha value is -1.15. The van der Waals surface area contributed by atoms with E-state index in [1.807, 2.05) is 0 Å². The molecule has 0 amide bonds. The molecule has 0 aromatic rings. The van der Waals surface area contributed by atoms with Gasteiger partial charge in [-0.3, -0.25) is 4.79 Å². The largest absolute Gasteiger partial charge is 0.380 e. The second-order valence-electron chi connectivity index (χ2n) is 4.41. The van der Waals surface area contributed by atoms with Gasteiger partial charge in [0, 0.05) is 7.11 Å². The summed E-state index contributed by atoms with van der Waals surface area (Å²) in [6.45, 7) is 7.32. The number of carbonyl (C=O) groups excluding carboxylic acids is 1. The average molecular weight is 234 g/mol. The standard InChI is InChI=1S/C15H22O2/c1-4-9-14(17-3)15(13(16)5-2)12-10-7-6-8-11-12/h4-5,10,14-15H,1-2,6-9,11H2,3H3. The molecule has 1 rings (SSSR count). The minimum Gasteiger partial charge on any atom is -0.380 e. The lowest BCUT2D eigenvalue weighted by Crippen LogP contribution is -2.31. The highest BCUT2D eigenvalue weighted by Gasteiger charge is 2.29. The van der Waals surface area contributed by atoms with Gasteiger partial charge >= 0.3 is 0 Å². The third-order valence-corrected chi connectivity index (χ3v) is 3.31. The second-order valence-corrected chi connectivity index (χ2v) is 4.41. The Balaban J connectivity index is 2.92. The number of hydrogen-bond acceptors (Lipinski definition) is 2. The van der Waals surface area contributed by atoms with Crippen molar-refractivity contribution in [2.75, 3.05) is 7.11 Å². The Labute approximate surface area is 104 Å². The van der Waals surface area contributed by atoms with Gasteiger partial charge in [-0.2, -0.15) is 0 Å². The highest BCUT2D eigenvalue weighted by Crippen LogP contribution is 2.30. The van der Waals surface area contributed by atoms with Gasteiger partial charge in [0.05, 0.1) is 12.0 Å².